The van der Waals surface area contributed by atoms with Gasteiger partial charge in [0.15, 0.2) is 0 Å². The lowest BCUT2D eigenvalue weighted by molar-refractivity contribution is 0.0729. The van der Waals surface area contributed by atoms with Crippen LogP contribution in [0, 0.1) is 23.3 Å². The highest BCUT2D eigenvalue weighted by Gasteiger charge is 2.15. The standard InChI is InChI=1S/C13H6F4O2/c14-7-1-2-11(12(17)6-7)13(18)19-10-4-8(15)3-9(16)5-10/h1-6H. The first kappa shape index (κ1) is 13.1. The molecule has 98 valence electrons. The van der Waals surface area contributed by atoms with Crippen LogP contribution in [-0.2, 0) is 0 Å². The lowest BCUT2D eigenvalue weighted by Gasteiger charge is -2.05. The van der Waals surface area contributed by atoms with Crippen molar-refractivity contribution in [3.8, 4) is 5.75 Å². The van der Waals surface area contributed by atoms with Crippen LogP contribution in [0.15, 0.2) is 36.4 Å². The predicted molar refractivity (Wildman–Crippen MR) is 57.7 cm³/mol. The molecule has 0 aliphatic rings. The van der Waals surface area contributed by atoms with Crippen LogP contribution in [0.5, 0.6) is 5.75 Å². The fourth-order valence-electron chi connectivity index (χ4n) is 1.40. The second kappa shape index (κ2) is 5.09. The van der Waals surface area contributed by atoms with Crippen LogP contribution in [0.3, 0.4) is 0 Å². The second-order valence-corrected chi connectivity index (χ2v) is 3.62. The van der Waals surface area contributed by atoms with E-state index in [9.17, 15) is 22.4 Å². The van der Waals surface area contributed by atoms with Gasteiger partial charge < -0.3 is 4.74 Å². The third-order valence-corrected chi connectivity index (χ3v) is 2.20. The lowest BCUT2D eigenvalue weighted by Crippen LogP contribution is -2.11. The van der Waals surface area contributed by atoms with Crippen molar-refractivity contribution in [3.63, 3.8) is 0 Å². The van der Waals surface area contributed by atoms with E-state index in [0.717, 1.165) is 24.3 Å². The van der Waals surface area contributed by atoms with E-state index >= 15 is 0 Å². The summed E-state index contributed by atoms with van der Waals surface area (Å²) in [7, 11) is 0. The van der Waals surface area contributed by atoms with E-state index in [2.05, 4.69) is 4.74 Å². The van der Waals surface area contributed by atoms with Crippen molar-refractivity contribution in [2.24, 2.45) is 0 Å². The molecule has 19 heavy (non-hydrogen) atoms. The number of carbonyl (C=O) groups is 1. The molecule has 0 saturated carbocycles. The molecule has 0 heterocycles. The molecule has 6 heteroatoms. The highest BCUT2D eigenvalue weighted by Crippen LogP contribution is 2.18. The summed E-state index contributed by atoms with van der Waals surface area (Å²) in [6, 6.07) is 4.37. The lowest BCUT2D eigenvalue weighted by atomic mass is 10.2. The molecule has 2 aromatic rings. The second-order valence-electron chi connectivity index (χ2n) is 3.62. The van der Waals surface area contributed by atoms with Crippen molar-refractivity contribution in [2.45, 2.75) is 0 Å². The molecule has 0 aliphatic heterocycles. The molecule has 0 fully saturated rings. The number of halogens is 4. The Kier molecular flexibility index (Phi) is 3.50. The number of benzene rings is 2. The Morgan fingerprint density at radius 2 is 1.47 bits per heavy atom. The summed E-state index contributed by atoms with van der Waals surface area (Å²) < 4.78 is 56.2. The Morgan fingerprint density at radius 1 is 0.842 bits per heavy atom. The number of hydrogen-bond acceptors (Lipinski definition) is 2. The average Bonchev–Trinajstić information content (AvgIpc) is 2.26. The Morgan fingerprint density at radius 3 is 2.05 bits per heavy atom. The van der Waals surface area contributed by atoms with Gasteiger partial charge in [-0.15, -0.1) is 0 Å². The summed E-state index contributed by atoms with van der Waals surface area (Å²) in [5.74, 6) is -5.45. The Labute approximate surface area is 105 Å². The van der Waals surface area contributed by atoms with Crippen LogP contribution < -0.4 is 4.74 Å². The number of carbonyl (C=O) groups excluding carboxylic acids is 1. The summed E-state index contributed by atoms with van der Waals surface area (Å²) in [4.78, 5) is 11.5. The van der Waals surface area contributed by atoms with E-state index < -0.39 is 40.6 Å². The normalized spacial score (nSPS) is 10.3. The first-order valence-electron chi connectivity index (χ1n) is 5.09. The molecule has 2 rings (SSSR count). The van der Waals surface area contributed by atoms with Crippen molar-refractivity contribution in [3.05, 3.63) is 65.2 Å². The quantitative estimate of drug-likeness (QED) is 0.474. The Bertz CT molecular complexity index is 620. The van der Waals surface area contributed by atoms with Gasteiger partial charge >= 0.3 is 5.97 Å². The Hall–Kier alpha value is -2.37. The summed E-state index contributed by atoms with van der Waals surface area (Å²) in [6.45, 7) is 0. The van der Waals surface area contributed by atoms with Crippen molar-refractivity contribution in [1.29, 1.82) is 0 Å². The average molecular weight is 270 g/mol. The summed E-state index contributed by atoms with van der Waals surface area (Å²) >= 11 is 0. The third kappa shape index (κ3) is 3.09. The molecular formula is C13H6F4O2. The molecule has 0 amide bonds. The number of hydrogen-bond donors (Lipinski definition) is 0. The third-order valence-electron chi connectivity index (χ3n) is 2.20. The minimum atomic E-state index is -1.18. The van der Waals surface area contributed by atoms with E-state index in [-0.39, 0.29) is 0 Å². The zero-order valence-corrected chi connectivity index (χ0v) is 9.29. The number of ether oxygens (including phenoxy) is 1. The number of rotatable bonds is 2. The fourth-order valence-corrected chi connectivity index (χ4v) is 1.40. The van der Waals surface area contributed by atoms with E-state index in [4.69, 9.17) is 0 Å². The molecule has 0 atom stereocenters. The van der Waals surface area contributed by atoms with Crippen molar-refractivity contribution in [1.82, 2.24) is 0 Å². The minimum absolute atomic E-state index is 0.411. The molecule has 0 N–H and O–H groups in total. The van der Waals surface area contributed by atoms with Gasteiger partial charge in [-0.2, -0.15) is 0 Å². The largest absolute Gasteiger partial charge is 0.423 e. The van der Waals surface area contributed by atoms with E-state index in [1.54, 1.807) is 0 Å². The molecular weight excluding hydrogens is 264 g/mol. The summed E-state index contributed by atoms with van der Waals surface area (Å²) in [6.07, 6.45) is 0. The smallest absolute Gasteiger partial charge is 0.346 e. The first-order valence-corrected chi connectivity index (χ1v) is 5.09. The minimum Gasteiger partial charge on any atom is -0.423 e. The maximum Gasteiger partial charge on any atom is 0.346 e. The van der Waals surface area contributed by atoms with Gasteiger partial charge in [0.2, 0.25) is 0 Å². The SMILES string of the molecule is O=C(Oc1cc(F)cc(F)c1)c1ccc(F)cc1F. The van der Waals surface area contributed by atoms with Crippen LogP contribution in [0.1, 0.15) is 10.4 Å². The molecule has 0 saturated heterocycles. The van der Waals surface area contributed by atoms with Gasteiger partial charge in [-0.1, -0.05) is 0 Å². The first-order chi connectivity index (χ1) is 8.95. The van der Waals surface area contributed by atoms with Crippen LogP contribution in [0.2, 0.25) is 0 Å². The van der Waals surface area contributed by atoms with E-state index in [1.807, 2.05) is 0 Å². The molecule has 2 nitrogen and oxygen atoms in total. The molecule has 0 spiro atoms. The summed E-state index contributed by atoms with van der Waals surface area (Å²) in [5, 5.41) is 0. The van der Waals surface area contributed by atoms with Crippen molar-refractivity contribution >= 4 is 5.97 Å². The topological polar surface area (TPSA) is 26.3 Å². The molecule has 0 aromatic heterocycles. The van der Waals surface area contributed by atoms with E-state index in [0.29, 0.717) is 12.1 Å². The highest BCUT2D eigenvalue weighted by molar-refractivity contribution is 5.91. The van der Waals surface area contributed by atoms with Gasteiger partial charge in [-0.05, 0) is 12.1 Å². The van der Waals surface area contributed by atoms with Gasteiger partial charge in [0.05, 0.1) is 5.56 Å². The molecule has 0 radical (unpaired) electrons. The van der Waals surface area contributed by atoms with Crippen LogP contribution >= 0.6 is 0 Å². The predicted octanol–water partition coefficient (Wildman–Crippen LogP) is 3.46. The fraction of sp³-hybridized carbons (Fsp3) is 0. The summed E-state index contributed by atoms with van der Waals surface area (Å²) in [5.41, 5.74) is -0.536. The van der Waals surface area contributed by atoms with Gasteiger partial charge in [0, 0.05) is 24.3 Å². The maximum absolute atomic E-state index is 13.3. The van der Waals surface area contributed by atoms with Gasteiger partial charge in [-0.25, -0.2) is 22.4 Å². The molecule has 2 aromatic carbocycles. The van der Waals surface area contributed by atoms with Gasteiger partial charge in [0.1, 0.15) is 29.0 Å². The zero-order chi connectivity index (χ0) is 14.0. The van der Waals surface area contributed by atoms with Crippen LogP contribution in [-0.4, -0.2) is 5.97 Å². The van der Waals surface area contributed by atoms with Gasteiger partial charge in [0.25, 0.3) is 0 Å². The van der Waals surface area contributed by atoms with Crippen LogP contribution in [0.4, 0.5) is 17.6 Å². The zero-order valence-electron chi connectivity index (χ0n) is 9.29. The van der Waals surface area contributed by atoms with Crippen molar-refractivity contribution < 1.29 is 27.1 Å². The maximum atomic E-state index is 13.3. The van der Waals surface area contributed by atoms with Gasteiger partial charge in [-0.3, -0.25) is 0 Å². The van der Waals surface area contributed by atoms with E-state index in [1.165, 1.54) is 0 Å². The molecule has 0 aliphatic carbocycles. The molecule has 0 unspecified atom stereocenters. The monoisotopic (exact) mass is 270 g/mol. The number of esters is 1. The van der Waals surface area contributed by atoms with Crippen molar-refractivity contribution in [2.75, 3.05) is 0 Å². The molecule has 0 bridgehead atoms. The van der Waals surface area contributed by atoms with Crippen LogP contribution in [0.25, 0.3) is 0 Å². The highest BCUT2D eigenvalue weighted by atomic mass is 19.1. The Balaban J connectivity index is 2.25.